The van der Waals surface area contributed by atoms with Gasteiger partial charge in [0.1, 0.15) is 5.69 Å². The predicted molar refractivity (Wildman–Crippen MR) is 86.8 cm³/mol. The van der Waals surface area contributed by atoms with Gasteiger partial charge in [0.15, 0.2) is 0 Å². The fourth-order valence-corrected chi connectivity index (χ4v) is 2.49. The van der Waals surface area contributed by atoms with Crippen LogP contribution in [0.1, 0.15) is 16.9 Å². The van der Waals surface area contributed by atoms with Crippen LogP contribution in [-0.2, 0) is 9.53 Å². The highest BCUT2D eigenvalue weighted by Gasteiger charge is 2.17. The molecule has 24 heavy (non-hydrogen) atoms. The van der Waals surface area contributed by atoms with Crippen molar-refractivity contribution in [1.29, 1.82) is 0 Å². The van der Waals surface area contributed by atoms with Gasteiger partial charge in [0.05, 0.1) is 18.9 Å². The van der Waals surface area contributed by atoms with Crippen molar-refractivity contribution in [2.45, 2.75) is 12.5 Å². The Morgan fingerprint density at radius 3 is 2.75 bits per heavy atom. The number of carbonyl (C=O) groups is 2. The van der Waals surface area contributed by atoms with E-state index in [9.17, 15) is 9.59 Å². The number of carboxylic acids is 1. The predicted octanol–water partition coefficient (Wildman–Crippen LogP) is 1.09. The molecule has 4 N–H and O–H groups in total. The average molecular weight is 330 g/mol. The van der Waals surface area contributed by atoms with E-state index in [1.807, 2.05) is 0 Å². The Balaban J connectivity index is 1.59. The number of aromatic amines is 1. The summed E-state index contributed by atoms with van der Waals surface area (Å²) in [7, 11) is 0. The van der Waals surface area contributed by atoms with Crippen LogP contribution in [0.15, 0.2) is 30.3 Å². The molecule has 126 valence electrons. The van der Waals surface area contributed by atoms with Crippen molar-refractivity contribution in [3.63, 3.8) is 0 Å². The lowest BCUT2D eigenvalue weighted by molar-refractivity contribution is -0.117. The highest BCUT2D eigenvalue weighted by atomic mass is 16.5. The summed E-state index contributed by atoms with van der Waals surface area (Å²) in [5.41, 5.74) is 2.01. The van der Waals surface area contributed by atoms with Gasteiger partial charge < -0.3 is 20.5 Å². The zero-order valence-electron chi connectivity index (χ0n) is 12.9. The largest absolute Gasteiger partial charge is 0.477 e. The first-order valence-electron chi connectivity index (χ1n) is 7.62. The Kier molecular flexibility index (Phi) is 4.88. The van der Waals surface area contributed by atoms with Gasteiger partial charge in [-0.25, -0.2) is 4.79 Å². The zero-order valence-corrected chi connectivity index (χ0v) is 12.9. The second-order valence-corrected chi connectivity index (χ2v) is 5.53. The first-order chi connectivity index (χ1) is 11.6. The number of ether oxygens (including phenoxy) is 1. The normalized spacial score (nSPS) is 17.4. The molecule has 1 aromatic carbocycles. The molecule has 0 radical (unpaired) electrons. The van der Waals surface area contributed by atoms with Gasteiger partial charge in [-0.3, -0.25) is 9.89 Å². The molecule has 1 saturated heterocycles. The molecule has 0 unspecified atom stereocenters. The van der Waals surface area contributed by atoms with Crippen LogP contribution in [-0.4, -0.2) is 53.0 Å². The lowest BCUT2D eigenvalue weighted by Gasteiger charge is -2.23. The van der Waals surface area contributed by atoms with Crippen LogP contribution in [0.3, 0.4) is 0 Å². The molecule has 2 heterocycles. The third kappa shape index (κ3) is 3.98. The van der Waals surface area contributed by atoms with Crippen LogP contribution in [0.5, 0.6) is 0 Å². The topological polar surface area (TPSA) is 116 Å². The standard InChI is InChI=1S/C16H18N4O4/c21-15(7-12-9-24-6-5-17-12)18-11-3-1-10(2-4-11)13-8-14(16(22)23)20-19-13/h1-4,8,12,17H,5-7,9H2,(H,18,21)(H,19,20)(H,22,23)/t12-/m1/s1. The summed E-state index contributed by atoms with van der Waals surface area (Å²) in [6, 6.07) is 8.57. The Labute approximate surface area is 138 Å². The van der Waals surface area contributed by atoms with Gasteiger partial charge in [-0.05, 0) is 18.2 Å². The molecule has 8 heteroatoms. The highest BCUT2D eigenvalue weighted by Crippen LogP contribution is 2.20. The summed E-state index contributed by atoms with van der Waals surface area (Å²) in [5, 5.41) is 21.4. The van der Waals surface area contributed by atoms with Crippen LogP contribution in [0, 0.1) is 0 Å². The van der Waals surface area contributed by atoms with E-state index in [4.69, 9.17) is 9.84 Å². The fraction of sp³-hybridized carbons (Fsp3) is 0.312. The zero-order chi connectivity index (χ0) is 16.9. The van der Waals surface area contributed by atoms with E-state index >= 15 is 0 Å². The van der Waals surface area contributed by atoms with Crippen LogP contribution < -0.4 is 10.6 Å². The van der Waals surface area contributed by atoms with E-state index in [0.717, 1.165) is 12.1 Å². The van der Waals surface area contributed by atoms with Gasteiger partial charge >= 0.3 is 5.97 Å². The number of aromatic nitrogens is 2. The molecular weight excluding hydrogens is 312 g/mol. The SMILES string of the molecule is O=C(C[C@@H]1COCCN1)Nc1ccc(-c2cc(C(=O)O)[nH]n2)cc1. The Bertz CT molecular complexity index is 720. The molecule has 0 saturated carbocycles. The molecule has 2 aromatic rings. The Hall–Kier alpha value is -2.71. The van der Waals surface area contributed by atoms with E-state index < -0.39 is 5.97 Å². The number of hydrogen-bond donors (Lipinski definition) is 4. The summed E-state index contributed by atoms with van der Waals surface area (Å²) < 4.78 is 5.32. The van der Waals surface area contributed by atoms with E-state index in [0.29, 0.717) is 31.0 Å². The molecule has 0 bridgehead atoms. The number of carbonyl (C=O) groups excluding carboxylic acids is 1. The molecule has 1 atom stereocenters. The molecule has 1 fully saturated rings. The fourth-order valence-electron chi connectivity index (χ4n) is 2.49. The monoisotopic (exact) mass is 330 g/mol. The van der Waals surface area contributed by atoms with E-state index in [-0.39, 0.29) is 17.6 Å². The van der Waals surface area contributed by atoms with E-state index in [1.54, 1.807) is 24.3 Å². The van der Waals surface area contributed by atoms with Gasteiger partial charge in [0.2, 0.25) is 5.91 Å². The van der Waals surface area contributed by atoms with Gasteiger partial charge in [-0.2, -0.15) is 5.10 Å². The molecule has 0 spiro atoms. The lowest BCUT2D eigenvalue weighted by Crippen LogP contribution is -2.43. The van der Waals surface area contributed by atoms with Crippen molar-refractivity contribution in [3.05, 3.63) is 36.0 Å². The van der Waals surface area contributed by atoms with Gasteiger partial charge in [-0.15, -0.1) is 0 Å². The minimum absolute atomic E-state index is 0.0320. The third-order valence-electron chi connectivity index (χ3n) is 3.70. The second kappa shape index (κ2) is 7.24. The second-order valence-electron chi connectivity index (χ2n) is 5.53. The minimum Gasteiger partial charge on any atom is -0.477 e. The number of nitrogens with zero attached hydrogens (tertiary/aromatic N) is 1. The van der Waals surface area contributed by atoms with Crippen molar-refractivity contribution in [2.24, 2.45) is 0 Å². The molecule has 0 aliphatic carbocycles. The van der Waals surface area contributed by atoms with E-state index in [2.05, 4.69) is 20.8 Å². The molecule has 3 rings (SSSR count). The number of nitrogens with one attached hydrogen (secondary N) is 3. The number of hydrogen-bond acceptors (Lipinski definition) is 5. The number of rotatable bonds is 5. The van der Waals surface area contributed by atoms with Gasteiger partial charge in [0.25, 0.3) is 0 Å². The van der Waals surface area contributed by atoms with Crippen LogP contribution in [0.4, 0.5) is 5.69 Å². The first kappa shape index (κ1) is 16.2. The van der Waals surface area contributed by atoms with Crippen LogP contribution >= 0.6 is 0 Å². The van der Waals surface area contributed by atoms with Crippen molar-refractivity contribution in [3.8, 4) is 11.3 Å². The molecule has 1 aromatic heterocycles. The lowest BCUT2D eigenvalue weighted by atomic mass is 10.1. The maximum Gasteiger partial charge on any atom is 0.353 e. The summed E-state index contributed by atoms with van der Waals surface area (Å²) in [6.07, 6.45) is 0.350. The van der Waals surface area contributed by atoms with Crippen molar-refractivity contribution in [1.82, 2.24) is 15.5 Å². The minimum atomic E-state index is -1.06. The number of anilines is 1. The maximum absolute atomic E-state index is 12.0. The summed E-state index contributed by atoms with van der Waals surface area (Å²) in [4.78, 5) is 22.9. The average Bonchev–Trinajstić information content (AvgIpc) is 3.07. The summed E-state index contributed by atoms with van der Waals surface area (Å²) in [6.45, 7) is 1.97. The van der Waals surface area contributed by atoms with Crippen molar-refractivity contribution >= 4 is 17.6 Å². The molecule has 1 amide bonds. The molecule has 1 aliphatic rings. The Morgan fingerprint density at radius 2 is 2.12 bits per heavy atom. The van der Waals surface area contributed by atoms with Crippen LogP contribution in [0.2, 0.25) is 0 Å². The third-order valence-corrected chi connectivity index (χ3v) is 3.70. The summed E-state index contributed by atoms with van der Waals surface area (Å²) >= 11 is 0. The Morgan fingerprint density at radius 1 is 1.33 bits per heavy atom. The van der Waals surface area contributed by atoms with Crippen molar-refractivity contribution in [2.75, 3.05) is 25.1 Å². The number of benzene rings is 1. The van der Waals surface area contributed by atoms with E-state index in [1.165, 1.54) is 6.07 Å². The highest BCUT2D eigenvalue weighted by molar-refractivity contribution is 5.91. The molecule has 8 nitrogen and oxygen atoms in total. The van der Waals surface area contributed by atoms with Crippen LogP contribution in [0.25, 0.3) is 11.3 Å². The van der Waals surface area contributed by atoms with Gasteiger partial charge in [0, 0.05) is 30.3 Å². The quantitative estimate of drug-likeness (QED) is 0.652. The molecular formula is C16H18N4O4. The maximum atomic E-state index is 12.0. The van der Waals surface area contributed by atoms with Crippen molar-refractivity contribution < 1.29 is 19.4 Å². The number of H-pyrrole nitrogens is 1. The molecule has 1 aliphatic heterocycles. The number of amides is 1. The number of morpholine rings is 1. The first-order valence-corrected chi connectivity index (χ1v) is 7.62. The number of aromatic carboxylic acids is 1. The van der Waals surface area contributed by atoms with Gasteiger partial charge in [-0.1, -0.05) is 12.1 Å². The number of carboxylic acid groups (broad SMARTS) is 1. The summed E-state index contributed by atoms with van der Waals surface area (Å²) in [5.74, 6) is -1.14. The smallest absolute Gasteiger partial charge is 0.353 e.